The fourth-order valence-electron chi connectivity index (χ4n) is 4.04. The maximum atomic E-state index is 12.5. The van der Waals surface area contributed by atoms with E-state index >= 15 is 0 Å². The molecule has 2 aliphatic heterocycles. The molecule has 0 spiro atoms. The van der Waals surface area contributed by atoms with Crippen molar-refractivity contribution in [3.8, 4) is 0 Å². The number of aliphatic hydroxyl groups excluding tert-OH is 1. The summed E-state index contributed by atoms with van der Waals surface area (Å²) in [6.07, 6.45) is 4.19. The zero-order valence-electron chi connectivity index (χ0n) is 14.0. The van der Waals surface area contributed by atoms with Crippen molar-refractivity contribution < 1.29 is 9.90 Å². The van der Waals surface area contributed by atoms with Gasteiger partial charge in [0.2, 0.25) is 0 Å². The molecule has 1 saturated heterocycles. The van der Waals surface area contributed by atoms with Gasteiger partial charge in [0.15, 0.2) is 0 Å². The van der Waals surface area contributed by atoms with Gasteiger partial charge in [-0.25, -0.2) is 4.79 Å². The van der Waals surface area contributed by atoms with Crippen LogP contribution in [0.3, 0.4) is 0 Å². The first kappa shape index (κ1) is 15.4. The molecule has 5 nitrogen and oxygen atoms in total. The molecule has 1 aliphatic carbocycles. The molecule has 5 heteroatoms. The lowest BCUT2D eigenvalue weighted by atomic mass is 9.79. The summed E-state index contributed by atoms with van der Waals surface area (Å²) in [4.78, 5) is 14.2. The highest BCUT2D eigenvalue weighted by atomic mass is 16.3. The van der Waals surface area contributed by atoms with Crippen LogP contribution in [0, 0.1) is 5.92 Å². The largest absolute Gasteiger partial charge is 0.393 e. The van der Waals surface area contributed by atoms with Crippen molar-refractivity contribution in [1.82, 2.24) is 9.91 Å². The molecule has 1 saturated carbocycles. The molecule has 2 unspecified atom stereocenters. The fourth-order valence-corrected chi connectivity index (χ4v) is 4.04. The van der Waals surface area contributed by atoms with E-state index in [-0.39, 0.29) is 18.1 Å². The Balaban J connectivity index is 1.80. The lowest BCUT2D eigenvalue weighted by Crippen LogP contribution is -2.34. The third-order valence-electron chi connectivity index (χ3n) is 5.33. The van der Waals surface area contributed by atoms with Crippen molar-refractivity contribution in [3.05, 3.63) is 47.2 Å². The number of aliphatic hydroxyl groups is 1. The average molecular weight is 325 g/mol. The summed E-state index contributed by atoms with van der Waals surface area (Å²) in [5.74, 6) is 0.255. The van der Waals surface area contributed by atoms with Crippen LogP contribution in [0.5, 0.6) is 0 Å². The molecule has 2 fully saturated rings. The number of hydrazone groups is 1. The van der Waals surface area contributed by atoms with Crippen LogP contribution in [0.2, 0.25) is 0 Å². The maximum absolute atomic E-state index is 12.5. The first-order valence-corrected chi connectivity index (χ1v) is 8.74. The molecule has 0 bridgehead atoms. The highest BCUT2D eigenvalue weighted by Crippen LogP contribution is 2.39. The summed E-state index contributed by atoms with van der Waals surface area (Å²) in [6, 6.07) is 10.1. The van der Waals surface area contributed by atoms with Gasteiger partial charge in [-0.05, 0) is 43.2 Å². The smallest absolute Gasteiger partial charge is 0.345 e. The second kappa shape index (κ2) is 6.06. The fraction of sp³-hybridized carbons (Fsp3) is 0.474. The van der Waals surface area contributed by atoms with E-state index in [1.807, 2.05) is 25.2 Å². The summed E-state index contributed by atoms with van der Waals surface area (Å²) in [6.45, 7) is 0.617. The third-order valence-corrected chi connectivity index (χ3v) is 5.33. The number of rotatable bonds is 1. The van der Waals surface area contributed by atoms with Crippen molar-refractivity contribution in [2.45, 2.75) is 38.2 Å². The van der Waals surface area contributed by atoms with E-state index in [1.165, 1.54) is 5.57 Å². The van der Waals surface area contributed by atoms with E-state index in [9.17, 15) is 9.90 Å². The van der Waals surface area contributed by atoms with Gasteiger partial charge in [0, 0.05) is 13.0 Å². The van der Waals surface area contributed by atoms with Crippen LogP contribution in [0.1, 0.15) is 37.7 Å². The monoisotopic (exact) mass is 325 g/mol. The van der Waals surface area contributed by atoms with Gasteiger partial charge in [-0.1, -0.05) is 30.3 Å². The van der Waals surface area contributed by atoms with E-state index in [2.05, 4.69) is 12.1 Å². The maximum Gasteiger partial charge on any atom is 0.345 e. The molecular weight excluding hydrogens is 302 g/mol. The van der Waals surface area contributed by atoms with Gasteiger partial charge in [-0.2, -0.15) is 10.1 Å². The van der Waals surface area contributed by atoms with Gasteiger partial charge < -0.3 is 10.0 Å². The second-order valence-corrected chi connectivity index (χ2v) is 6.95. The highest BCUT2D eigenvalue weighted by molar-refractivity contribution is 6.05. The number of hydrogen-bond acceptors (Lipinski definition) is 3. The highest BCUT2D eigenvalue weighted by Gasteiger charge is 2.40. The third kappa shape index (κ3) is 2.53. The average Bonchev–Trinajstić information content (AvgIpc) is 2.86. The first-order chi connectivity index (χ1) is 11.6. The molecule has 1 aromatic carbocycles. The van der Waals surface area contributed by atoms with E-state index < -0.39 is 0 Å². The van der Waals surface area contributed by atoms with Gasteiger partial charge in [0.25, 0.3) is 0 Å². The molecule has 2 amide bonds. The second-order valence-electron chi connectivity index (χ2n) is 6.95. The Bertz CT molecular complexity index is 711. The summed E-state index contributed by atoms with van der Waals surface area (Å²) in [7, 11) is 1.82. The van der Waals surface area contributed by atoms with Gasteiger partial charge in [-0.15, -0.1) is 0 Å². The minimum atomic E-state index is -0.235. The van der Waals surface area contributed by atoms with Crippen LogP contribution in [0.25, 0.3) is 0 Å². The van der Waals surface area contributed by atoms with Gasteiger partial charge >= 0.3 is 6.03 Å². The molecule has 126 valence electrons. The number of hydrogen-bond donors (Lipinski definition) is 1. The van der Waals surface area contributed by atoms with Gasteiger partial charge in [0.1, 0.15) is 0 Å². The molecule has 2 heterocycles. The molecular formula is C19H23N3O2. The number of allylic oxidation sites excluding steroid dienone is 1. The zero-order valence-corrected chi connectivity index (χ0v) is 14.0. The van der Waals surface area contributed by atoms with Crippen LogP contribution in [0.15, 0.2) is 46.7 Å². The van der Waals surface area contributed by atoms with Crippen molar-refractivity contribution in [2.24, 2.45) is 11.0 Å². The Morgan fingerprint density at radius 3 is 2.75 bits per heavy atom. The first-order valence-electron chi connectivity index (χ1n) is 8.74. The Morgan fingerprint density at radius 1 is 1.17 bits per heavy atom. The van der Waals surface area contributed by atoms with Crippen molar-refractivity contribution in [3.63, 3.8) is 0 Å². The lowest BCUT2D eigenvalue weighted by molar-refractivity contribution is 0.145. The molecule has 0 radical (unpaired) electrons. The van der Waals surface area contributed by atoms with Gasteiger partial charge in [-0.3, -0.25) is 0 Å². The van der Waals surface area contributed by atoms with E-state index in [4.69, 9.17) is 5.10 Å². The minimum Gasteiger partial charge on any atom is -0.393 e. The summed E-state index contributed by atoms with van der Waals surface area (Å²) in [5.41, 5.74) is 4.40. The van der Waals surface area contributed by atoms with Crippen LogP contribution in [-0.4, -0.2) is 46.5 Å². The predicted octanol–water partition coefficient (Wildman–Crippen LogP) is 2.97. The SMILES string of the molecule is CN1CC2=C3CCC(O)CCCC3C(c3ccccc3)=NN2C1=O. The number of benzene rings is 1. The summed E-state index contributed by atoms with van der Waals surface area (Å²) in [5, 5.41) is 16.4. The molecule has 24 heavy (non-hydrogen) atoms. The number of urea groups is 1. The van der Waals surface area contributed by atoms with E-state index in [1.54, 1.807) is 9.91 Å². The molecule has 1 N–H and O–H groups in total. The Kier molecular flexibility index (Phi) is 3.88. The number of likely N-dealkylation sites (N-methyl/N-ethyl adjacent to an activating group) is 1. The molecule has 1 aromatic rings. The number of amides is 2. The quantitative estimate of drug-likeness (QED) is 0.863. The standard InChI is InChI=1S/C19H23N3O2/c1-21-12-17-15-11-10-14(23)8-5-9-16(15)18(20-22(17)19(21)24)13-6-3-2-4-7-13/h2-4,6-7,14,16,23H,5,8-12H2,1H3. The van der Waals surface area contributed by atoms with E-state index in [0.717, 1.165) is 49.1 Å². The molecule has 2 atom stereocenters. The predicted molar refractivity (Wildman–Crippen MR) is 92.5 cm³/mol. The number of carbonyl (C=O) groups excluding carboxylic acids is 1. The molecule has 0 aromatic heterocycles. The summed E-state index contributed by atoms with van der Waals surface area (Å²) < 4.78 is 0. The van der Waals surface area contributed by atoms with Crippen molar-refractivity contribution in [1.29, 1.82) is 0 Å². The number of carbonyl (C=O) groups is 1. The van der Waals surface area contributed by atoms with Crippen LogP contribution < -0.4 is 0 Å². The summed E-state index contributed by atoms with van der Waals surface area (Å²) >= 11 is 0. The number of nitrogens with zero attached hydrogens (tertiary/aromatic N) is 3. The molecule has 4 rings (SSSR count). The lowest BCUT2D eigenvalue weighted by Gasteiger charge is -2.33. The van der Waals surface area contributed by atoms with Crippen molar-refractivity contribution in [2.75, 3.05) is 13.6 Å². The zero-order chi connectivity index (χ0) is 16.7. The van der Waals surface area contributed by atoms with Crippen molar-refractivity contribution >= 4 is 11.7 Å². The van der Waals surface area contributed by atoms with Crippen LogP contribution >= 0.6 is 0 Å². The van der Waals surface area contributed by atoms with E-state index in [0.29, 0.717) is 6.54 Å². The van der Waals surface area contributed by atoms with Crippen LogP contribution in [0.4, 0.5) is 4.79 Å². The Labute approximate surface area is 142 Å². The van der Waals surface area contributed by atoms with Crippen LogP contribution in [-0.2, 0) is 0 Å². The minimum absolute atomic E-state index is 0.0630. The Morgan fingerprint density at radius 2 is 1.96 bits per heavy atom. The van der Waals surface area contributed by atoms with Gasteiger partial charge in [0.05, 0.1) is 24.1 Å². The number of fused-ring (bicyclic) bond motifs is 2. The Hall–Kier alpha value is -2.14. The normalized spacial score (nSPS) is 27.4. The molecule has 3 aliphatic rings. The topological polar surface area (TPSA) is 56.1 Å².